The third kappa shape index (κ3) is 4.42. The molecule has 2 saturated heterocycles. The number of carbonyl (C=O) groups excluding carboxylic acids is 2. The molecule has 4 rings (SSSR count). The second kappa shape index (κ2) is 8.78. The van der Waals surface area contributed by atoms with Gasteiger partial charge in [-0.25, -0.2) is 0 Å². The smallest absolute Gasteiger partial charge is 0.228 e. The van der Waals surface area contributed by atoms with Crippen molar-refractivity contribution >= 4 is 17.5 Å². The zero-order valence-electron chi connectivity index (χ0n) is 17.7. The van der Waals surface area contributed by atoms with Crippen LogP contribution in [-0.4, -0.2) is 61.4 Å². The summed E-state index contributed by atoms with van der Waals surface area (Å²) in [5.74, 6) is 0.805. The number of benzene rings is 2. The van der Waals surface area contributed by atoms with E-state index in [1.54, 1.807) is 7.11 Å². The summed E-state index contributed by atoms with van der Waals surface area (Å²) in [7, 11) is 1.66. The summed E-state index contributed by atoms with van der Waals surface area (Å²) >= 11 is 0. The molecule has 0 bridgehead atoms. The fraction of sp³-hybridized carbons (Fsp3) is 0.417. The Kier molecular flexibility index (Phi) is 5.93. The van der Waals surface area contributed by atoms with Crippen LogP contribution in [0.5, 0.6) is 5.75 Å². The summed E-state index contributed by atoms with van der Waals surface area (Å²) in [6.45, 7) is 6.12. The number of hydrogen-bond donors (Lipinski definition) is 0. The molecule has 0 unspecified atom stereocenters. The van der Waals surface area contributed by atoms with Crippen molar-refractivity contribution in [3.05, 3.63) is 59.7 Å². The summed E-state index contributed by atoms with van der Waals surface area (Å²) in [4.78, 5) is 31.5. The first kappa shape index (κ1) is 20.3. The molecule has 0 aromatic heterocycles. The highest BCUT2D eigenvalue weighted by atomic mass is 16.5. The highest BCUT2D eigenvalue weighted by Crippen LogP contribution is 2.25. The van der Waals surface area contributed by atoms with Crippen molar-refractivity contribution in [2.75, 3.05) is 44.7 Å². The number of anilines is 1. The summed E-state index contributed by atoms with van der Waals surface area (Å²) in [6, 6.07) is 16.2. The number of methoxy groups -OCH3 is 1. The van der Waals surface area contributed by atoms with Gasteiger partial charge in [0.15, 0.2) is 0 Å². The Morgan fingerprint density at radius 3 is 2.30 bits per heavy atom. The fourth-order valence-electron chi connectivity index (χ4n) is 4.24. The van der Waals surface area contributed by atoms with Crippen molar-refractivity contribution in [3.8, 4) is 5.75 Å². The molecule has 2 aliphatic heterocycles. The molecule has 2 fully saturated rings. The van der Waals surface area contributed by atoms with Crippen LogP contribution in [0.15, 0.2) is 48.5 Å². The Morgan fingerprint density at radius 2 is 1.67 bits per heavy atom. The molecule has 0 spiro atoms. The predicted molar refractivity (Wildman–Crippen MR) is 116 cm³/mol. The van der Waals surface area contributed by atoms with Gasteiger partial charge in [-0.05, 0) is 36.8 Å². The maximum atomic E-state index is 13.0. The molecule has 2 heterocycles. The molecule has 6 heteroatoms. The molecular weight excluding hydrogens is 378 g/mol. The minimum Gasteiger partial charge on any atom is -0.497 e. The molecular formula is C24H29N3O3. The quantitative estimate of drug-likeness (QED) is 0.765. The first-order valence-corrected chi connectivity index (χ1v) is 10.5. The minimum atomic E-state index is -0.226. The van der Waals surface area contributed by atoms with Gasteiger partial charge in [-0.15, -0.1) is 0 Å². The van der Waals surface area contributed by atoms with Crippen molar-refractivity contribution in [1.29, 1.82) is 0 Å². The number of rotatable bonds is 5. The third-order valence-electron chi connectivity index (χ3n) is 6.09. The van der Waals surface area contributed by atoms with E-state index in [2.05, 4.69) is 41.3 Å². The Balaban J connectivity index is 1.30. The number of piperazine rings is 1. The molecule has 30 heavy (non-hydrogen) atoms. The number of nitrogens with zero attached hydrogens (tertiary/aromatic N) is 3. The minimum absolute atomic E-state index is 0.0748. The maximum absolute atomic E-state index is 13.0. The van der Waals surface area contributed by atoms with E-state index < -0.39 is 0 Å². The van der Waals surface area contributed by atoms with Gasteiger partial charge < -0.3 is 19.4 Å². The van der Waals surface area contributed by atoms with Gasteiger partial charge >= 0.3 is 0 Å². The Hall–Kier alpha value is -3.02. The van der Waals surface area contributed by atoms with Crippen LogP contribution in [0.4, 0.5) is 5.69 Å². The highest BCUT2D eigenvalue weighted by Gasteiger charge is 2.37. The monoisotopic (exact) mass is 407 g/mol. The first-order valence-electron chi connectivity index (χ1n) is 10.5. The summed E-state index contributed by atoms with van der Waals surface area (Å²) in [5.41, 5.74) is 3.45. The molecule has 0 N–H and O–H groups in total. The Labute approximate surface area is 178 Å². The topological polar surface area (TPSA) is 53.1 Å². The van der Waals surface area contributed by atoms with Crippen molar-refractivity contribution in [3.63, 3.8) is 0 Å². The van der Waals surface area contributed by atoms with E-state index in [0.717, 1.165) is 30.1 Å². The predicted octanol–water partition coefficient (Wildman–Crippen LogP) is 2.70. The molecule has 158 valence electrons. The second-order valence-electron chi connectivity index (χ2n) is 8.17. The van der Waals surface area contributed by atoms with Crippen LogP contribution in [0.1, 0.15) is 17.5 Å². The maximum Gasteiger partial charge on any atom is 0.228 e. The van der Waals surface area contributed by atoms with Gasteiger partial charge in [-0.2, -0.15) is 0 Å². The molecule has 2 aromatic carbocycles. The standard InChI is InChI=1S/C24H29N3O3/c1-18-3-5-19(6-4-18)16-27-17-20(15-23(27)28)24(29)26-13-11-25(12-14-26)21-7-9-22(30-2)10-8-21/h3-10,20H,11-17H2,1-2H3/t20-/m0/s1. The van der Waals surface area contributed by atoms with Gasteiger partial charge in [0.1, 0.15) is 5.75 Å². The average Bonchev–Trinajstić information content (AvgIpc) is 3.15. The van der Waals surface area contributed by atoms with E-state index in [-0.39, 0.29) is 17.7 Å². The normalized spacial score (nSPS) is 19.3. The fourth-order valence-corrected chi connectivity index (χ4v) is 4.24. The van der Waals surface area contributed by atoms with Crippen LogP contribution in [0.25, 0.3) is 0 Å². The molecule has 0 radical (unpaired) electrons. The number of aryl methyl sites for hydroxylation is 1. The van der Waals surface area contributed by atoms with Crippen LogP contribution in [0, 0.1) is 12.8 Å². The lowest BCUT2D eigenvalue weighted by Crippen LogP contribution is -2.50. The van der Waals surface area contributed by atoms with Crippen molar-refractivity contribution in [2.24, 2.45) is 5.92 Å². The van der Waals surface area contributed by atoms with E-state index in [4.69, 9.17) is 4.74 Å². The van der Waals surface area contributed by atoms with E-state index in [1.807, 2.05) is 28.9 Å². The number of amides is 2. The molecule has 2 aliphatic rings. The lowest BCUT2D eigenvalue weighted by molar-refractivity contribution is -0.136. The molecule has 0 saturated carbocycles. The summed E-state index contributed by atoms with van der Waals surface area (Å²) in [6.07, 6.45) is 0.323. The lowest BCUT2D eigenvalue weighted by Gasteiger charge is -2.37. The second-order valence-corrected chi connectivity index (χ2v) is 8.17. The van der Waals surface area contributed by atoms with E-state index in [0.29, 0.717) is 32.6 Å². The van der Waals surface area contributed by atoms with E-state index in [9.17, 15) is 9.59 Å². The van der Waals surface area contributed by atoms with Gasteiger partial charge in [0, 0.05) is 51.4 Å². The van der Waals surface area contributed by atoms with Crippen LogP contribution >= 0.6 is 0 Å². The number of carbonyl (C=O) groups is 2. The number of likely N-dealkylation sites (tertiary alicyclic amines) is 1. The molecule has 1 atom stereocenters. The van der Waals surface area contributed by atoms with E-state index in [1.165, 1.54) is 5.56 Å². The summed E-state index contributed by atoms with van der Waals surface area (Å²) in [5, 5.41) is 0. The van der Waals surface area contributed by atoms with Gasteiger partial charge in [-0.1, -0.05) is 29.8 Å². The number of ether oxygens (including phenoxy) is 1. The SMILES string of the molecule is COc1ccc(N2CCN(C(=O)[C@H]3CC(=O)N(Cc4ccc(C)cc4)C3)CC2)cc1. The lowest BCUT2D eigenvalue weighted by atomic mass is 10.1. The van der Waals surface area contributed by atoms with Crippen LogP contribution in [0.2, 0.25) is 0 Å². The largest absolute Gasteiger partial charge is 0.497 e. The third-order valence-corrected chi connectivity index (χ3v) is 6.09. The highest BCUT2D eigenvalue weighted by molar-refractivity contribution is 5.89. The van der Waals surface area contributed by atoms with E-state index >= 15 is 0 Å². The Bertz CT molecular complexity index is 887. The molecule has 6 nitrogen and oxygen atoms in total. The van der Waals surface area contributed by atoms with Gasteiger partial charge in [-0.3, -0.25) is 9.59 Å². The van der Waals surface area contributed by atoms with Crippen molar-refractivity contribution in [2.45, 2.75) is 19.9 Å². The molecule has 2 amide bonds. The zero-order chi connectivity index (χ0) is 21.1. The van der Waals surface area contributed by atoms with Gasteiger partial charge in [0.05, 0.1) is 13.0 Å². The number of hydrogen-bond acceptors (Lipinski definition) is 4. The van der Waals surface area contributed by atoms with Crippen molar-refractivity contribution < 1.29 is 14.3 Å². The van der Waals surface area contributed by atoms with Gasteiger partial charge in [0.25, 0.3) is 0 Å². The van der Waals surface area contributed by atoms with Crippen LogP contribution in [-0.2, 0) is 16.1 Å². The first-order chi connectivity index (χ1) is 14.5. The Morgan fingerprint density at radius 1 is 1.00 bits per heavy atom. The van der Waals surface area contributed by atoms with Crippen LogP contribution in [0.3, 0.4) is 0 Å². The molecule has 2 aromatic rings. The molecule has 0 aliphatic carbocycles. The van der Waals surface area contributed by atoms with Gasteiger partial charge in [0.2, 0.25) is 11.8 Å². The van der Waals surface area contributed by atoms with Crippen LogP contribution < -0.4 is 9.64 Å². The summed E-state index contributed by atoms with van der Waals surface area (Å²) < 4.78 is 5.22. The van der Waals surface area contributed by atoms with Crippen molar-refractivity contribution in [1.82, 2.24) is 9.80 Å². The average molecular weight is 408 g/mol. The zero-order valence-corrected chi connectivity index (χ0v) is 17.7.